The standard InChI is InChI=1S/C33H57NO13/c1-17-14-21(12-13-35)29(30(42-8)23(37)15-24(38)43-18(2)10-9-11-22(17)36)47-32-27(39)26(34(6)7)28(19(3)45-32)46-25-16-33(5,41)31(40)20(4)44-25/h9,11,13,17-23,25-32,36-37,39-41H,10,12,14-16H2,1-8H3/b11-9+/t17-,18-,19-,20+,21+,22+,23-,25+,26-,27-,28-,29?,30+,31+,32+,33-/m1/s1. The summed E-state index contributed by atoms with van der Waals surface area (Å²) in [5.74, 6) is -1.61. The third-order valence-corrected chi connectivity index (χ3v) is 9.61. The Hall–Kier alpha value is -1.56. The first-order chi connectivity index (χ1) is 22.0. The van der Waals surface area contributed by atoms with Gasteiger partial charge in [-0.05, 0) is 60.0 Å². The molecule has 0 radical (unpaired) electrons. The van der Waals surface area contributed by atoms with Gasteiger partial charge >= 0.3 is 5.97 Å². The van der Waals surface area contributed by atoms with Crippen molar-refractivity contribution >= 4 is 12.3 Å². The molecule has 2 saturated heterocycles. The summed E-state index contributed by atoms with van der Waals surface area (Å²) in [5, 5.41) is 55.0. The fraction of sp³-hybridized carbons (Fsp3) is 0.879. The number of rotatable bonds is 8. The van der Waals surface area contributed by atoms with Crippen LogP contribution in [0.1, 0.15) is 66.7 Å². The summed E-state index contributed by atoms with van der Waals surface area (Å²) in [5.41, 5.74) is -1.46. The third kappa shape index (κ3) is 10.2. The summed E-state index contributed by atoms with van der Waals surface area (Å²) < 4.78 is 36.0. The van der Waals surface area contributed by atoms with E-state index in [-0.39, 0.29) is 25.2 Å². The van der Waals surface area contributed by atoms with Gasteiger partial charge in [0.2, 0.25) is 0 Å². The van der Waals surface area contributed by atoms with Gasteiger partial charge in [0.15, 0.2) is 12.6 Å². The molecule has 0 bridgehead atoms. The number of hydrogen-bond acceptors (Lipinski definition) is 14. The summed E-state index contributed by atoms with van der Waals surface area (Å²) in [7, 11) is 4.86. The summed E-state index contributed by atoms with van der Waals surface area (Å²) in [6.07, 6.45) is -7.46. The number of likely N-dealkylation sites (N-methyl/N-ethyl adjacent to an activating group) is 1. The van der Waals surface area contributed by atoms with E-state index in [1.54, 1.807) is 51.9 Å². The maximum absolute atomic E-state index is 12.7. The first-order valence-electron chi connectivity index (χ1n) is 16.6. The van der Waals surface area contributed by atoms with E-state index in [0.29, 0.717) is 6.42 Å². The largest absolute Gasteiger partial charge is 0.462 e. The minimum absolute atomic E-state index is 0.0127. The van der Waals surface area contributed by atoms with Crippen LogP contribution < -0.4 is 0 Å². The predicted octanol–water partition coefficient (Wildman–Crippen LogP) is 0.289. The highest BCUT2D eigenvalue weighted by molar-refractivity contribution is 5.70. The maximum atomic E-state index is 12.7. The topological polar surface area (TPSA) is 194 Å². The van der Waals surface area contributed by atoms with Crippen LogP contribution in [-0.2, 0) is 38.0 Å². The Bertz CT molecular complexity index is 1030. The molecule has 14 heteroatoms. The Morgan fingerprint density at radius 2 is 1.70 bits per heavy atom. The molecule has 0 amide bonds. The molecule has 0 saturated carbocycles. The molecule has 0 aliphatic carbocycles. The quantitative estimate of drug-likeness (QED) is 0.134. The van der Waals surface area contributed by atoms with E-state index in [1.165, 1.54) is 14.0 Å². The molecular weight excluding hydrogens is 618 g/mol. The molecule has 47 heavy (non-hydrogen) atoms. The van der Waals surface area contributed by atoms with E-state index >= 15 is 0 Å². The van der Waals surface area contributed by atoms with E-state index < -0.39 is 104 Å². The van der Waals surface area contributed by atoms with Crippen molar-refractivity contribution in [3.63, 3.8) is 0 Å². The lowest BCUT2D eigenvalue weighted by atomic mass is 9.82. The molecule has 0 aromatic carbocycles. The summed E-state index contributed by atoms with van der Waals surface area (Å²) in [6, 6.07) is -0.712. The van der Waals surface area contributed by atoms with Gasteiger partial charge in [-0.15, -0.1) is 0 Å². The Kier molecular flexibility index (Phi) is 14.8. The second-order valence-electron chi connectivity index (χ2n) is 13.9. The van der Waals surface area contributed by atoms with E-state index in [1.807, 2.05) is 6.92 Å². The lowest BCUT2D eigenvalue weighted by Crippen LogP contribution is -2.65. The van der Waals surface area contributed by atoms with Gasteiger partial charge < -0.3 is 63.6 Å². The summed E-state index contributed by atoms with van der Waals surface area (Å²) >= 11 is 0. The van der Waals surface area contributed by atoms with Crippen molar-refractivity contribution in [2.24, 2.45) is 11.8 Å². The first kappa shape index (κ1) is 39.9. The average molecular weight is 676 g/mol. The Morgan fingerprint density at radius 1 is 1.02 bits per heavy atom. The number of methoxy groups -OCH3 is 1. The van der Waals surface area contributed by atoms with Crippen LogP contribution >= 0.6 is 0 Å². The molecule has 272 valence electrons. The van der Waals surface area contributed by atoms with Crippen LogP contribution in [0.15, 0.2) is 12.2 Å². The van der Waals surface area contributed by atoms with Crippen molar-refractivity contribution in [3.05, 3.63) is 12.2 Å². The number of esters is 1. The lowest BCUT2D eigenvalue weighted by molar-refractivity contribution is -0.344. The molecule has 2 fully saturated rings. The van der Waals surface area contributed by atoms with Crippen molar-refractivity contribution in [1.82, 2.24) is 4.90 Å². The van der Waals surface area contributed by atoms with Crippen molar-refractivity contribution in [2.45, 2.75) is 152 Å². The highest BCUT2D eigenvalue weighted by Gasteiger charge is 2.51. The van der Waals surface area contributed by atoms with Crippen LogP contribution in [0.3, 0.4) is 0 Å². The second kappa shape index (κ2) is 17.4. The molecule has 3 aliphatic heterocycles. The molecule has 0 spiro atoms. The smallest absolute Gasteiger partial charge is 0.308 e. The minimum atomic E-state index is -1.46. The fourth-order valence-electron chi connectivity index (χ4n) is 6.92. The first-order valence-corrected chi connectivity index (χ1v) is 16.6. The zero-order chi connectivity index (χ0) is 35.2. The van der Waals surface area contributed by atoms with Crippen molar-refractivity contribution < 1.29 is 63.5 Å². The molecule has 14 nitrogen and oxygen atoms in total. The number of aliphatic hydroxyl groups is 5. The number of carbonyl (C=O) groups is 2. The van der Waals surface area contributed by atoms with Gasteiger partial charge in [-0.1, -0.05) is 19.1 Å². The van der Waals surface area contributed by atoms with E-state index in [4.69, 9.17) is 28.4 Å². The Labute approximate surface area is 277 Å². The highest BCUT2D eigenvalue weighted by Crippen LogP contribution is 2.36. The molecule has 5 N–H and O–H groups in total. The van der Waals surface area contributed by atoms with Crippen molar-refractivity contribution in [1.29, 1.82) is 0 Å². The summed E-state index contributed by atoms with van der Waals surface area (Å²) in [6.45, 7) is 8.43. The number of ether oxygens (including phenoxy) is 6. The molecule has 3 heterocycles. The Morgan fingerprint density at radius 3 is 2.30 bits per heavy atom. The SMILES string of the molecule is CO[C@@H]1C(O[C@@H]2O[C@H](C)[C@@H](O[C@H]3C[C@@](C)(O)[C@@H](O)[C@H](C)O3)[C@H](N(C)C)[C@H]2O)[C@@H](CC=O)C[C@@H](C)[C@@H](O)/C=C/C[C@@H](C)OC(=O)C[C@H]1O. The van der Waals surface area contributed by atoms with Crippen LogP contribution in [0.2, 0.25) is 0 Å². The normalized spacial score (nSPS) is 46.8. The van der Waals surface area contributed by atoms with Crippen molar-refractivity contribution in [2.75, 3.05) is 21.2 Å². The fourth-order valence-corrected chi connectivity index (χ4v) is 6.92. The maximum Gasteiger partial charge on any atom is 0.308 e. The van der Waals surface area contributed by atoms with Gasteiger partial charge in [0.1, 0.15) is 36.8 Å². The van der Waals surface area contributed by atoms with Gasteiger partial charge in [-0.25, -0.2) is 0 Å². The average Bonchev–Trinajstić information content (AvgIpc) is 2.96. The highest BCUT2D eigenvalue weighted by atomic mass is 16.7. The van der Waals surface area contributed by atoms with Crippen LogP contribution in [0.25, 0.3) is 0 Å². The monoisotopic (exact) mass is 675 g/mol. The van der Waals surface area contributed by atoms with Crippen LogP contribution in [-0.4, -0.2) is 149 Å². The third-order valence-electron chi connectivity index (χ3n) is 9.61. The van der Waals surface area contributed by atoms with E-state index in [9.17, 15) is 35.1 Å². The number of hydrogen-bond donors (Lipinski definition) is 5. The zero-order valence-corrected chi connectivity index (χ0v) is 28.9. The van der Waals surface area contributed by atoms with Crippen LogP contribution in [0.5, 0.6) is 0 Å². The minimum Gasteiger partial charge on any atom is -0.462 e. The summed E-state index contributed by atoms with van der Waals surface area (Å²) in [4.78, 5) is 26.4. The number of aldehydes is 1. The van der Waals surface area contributed by atoms with E-state index in [0.717, 1.165) is 6.29 Å². The zero-order valence-electron chi connectivity index (χ0n) is 28.9. The predicted molar refractivity (Wildman–Crippen MR) is 168 cm³/mol. The van der Waals surface area contributed by atoms with Gasteiger partial charge in [-0.3, -0.25) is 4.79 Å². The van der Waals surface area contributed by atoms with Gasteiger partial charge in [-0.2, -0.15) is 0 Å². The Balaban J connectivity index is 1.93. The number of cyclic esters (lactones) is 1. The second-order valence-corrected chi connectivity index (χ2v) is 13.9. The van der Waals surface area contributed by atoms with Gasteiger partial charge in [0, 0.05) is 26.4 Å². The van der Waals surface area contributed by atoms with Crippen LogP contribution in [0, 0.1) is 11.8 Å². The van der Waals surface area contributed by atoms with Gasteiger partial charge in [0.25, 0.3) is 0 Å². The molecule has 0 aromatic rings. The molecule has 16 atom stereocenters. The van der Waals surface area contributed by atoms with Crippen LogP contribution in [0.4, 0.5) is 0 Å². The molecular formula is C33H57NO13. The molecule has 3 aliphatic rings. The van der Waals surface area contributed by atoms with E-state index in [2.05, 4.69) is 0 Å². The van der Waals surface area contributed by atoms with Crippen molar-refractivity contribution in [3.8, 4) is 0 Å². The number of aliphatic hydroxyl groups excluding tert-OH is 4. The molecule has 1 unspecified atom stereocenters. The number of nitrogens with zero attached hydrogens (tertiary/aromatic N) is 1. The lowest BCUT2D eigenvalue weighted by Gasteiger charge is -2.50. The number of carbonyl (C=O) groups excluding carboxylic acids is 2. The van der Waals surface area contributed by atoms with Gasteiger partial charge in [0.05, 0.1) is 48.6 Å². The molecule has 3 rings (SSSR count). The molecule has 0 aromatic heterocycles.